The number of halogens is 3. The van der Waals surface area contributed by atoms with Gasteiger partial charge in [-0.05, 0) is 68.7 Å². The Morgan fingerprint density at radius 1 is 1.10 bits per heavy atom. The molecule has 172 valence electrons. The van der Waals surface area contributed by atoms with Crippen LogP contribution in [-0.4, -0.2) is 36.8 Å². The van der Waals surface area contributed by atoms with E-state index in [0.29, 0.717) is 12.0 Å². The maximum absolute atomic E-state index is 12.3. The molecule has 3 rings (SSSR count). The molecule has 1 heterocycles. The molecule has 9 heteroatoms. The fourth-order valence-electron chi connectivity index (χ4n) is 4.28. The summed E-state index contributed by atoms with van der Waals surface area (Å²) in [7, 11) is 0. The number of benzene rings is 1. The van der Waals surface area contributed by atoms with Crippen LogP contribution in [0.2, 0.25) is 0 Å². The first-order valence-electron chi connectivity index (χ1n) is 10.9. The Labute approximate surface area is 180 Å². The molecule has 1 unspecified atom stereocenters. The molecule has 1 aromatic carbocycles. The van der Waals surface area contributed by atoms with E-state index in [-0.39, 0.29) is 42.1 Å². The van der Waals surface area contributed by atoms with Crippen LogP contribution in [0.4, 0.5) is 13.2 Å². The quantitative estimate of drug-likeness (QED) is 0.606. The minimum Gasteiger partial charge on any atom is -0.406 e. The molecule has 1 saturated heterocycles. The van der Waals surface area contributed by atoms with Crippen molar-refractivity contribution >= 4 is 11.8 Å². The van der Waals surface area contributed by atoms with Gasteiger partial charge in [0.25, 0.3) is 0 Å². The minimum atomic E-state index is -4.74. The van der Waals surface area contributed by atoms with Crippen molar-refractivity contribution in [1.82, 2.24) is 16.0 Å². The largest absolute Gasteiger partial charge is 0.573 e. The van der Waals surface area contributed by atoms with E-state index in [9.17, 15) is 22.8 Å². The third-order valence-corrected chi connectivity index (χ3v) is 5.92. The number of alkyl halides is 3. The minimum absolute atomic E-state index is 0.0811. The van der Waals surface area contributed by atoms with Gasteiger partial charge in [-0.1, -0.05) is 18.6 Å². The normalized spacial score (nSPS) is 24.3. The van der Waals surface area contributed by atoms with Gasteiger partial charge in [-0.2, -0.15) is 0 Å². The highest BCUT2D eigenvalue weighted by Crippen LogP contribution is 2.27. The van der Waals surface area contributed by atoms with Crippen molar-refractivity contribution in [3.05, 3.63) is 29.8 Å². The van der Waals surface area contributed by atoms with E-state index in [2.05, 4.69) is 20.7 Å². The second-order valence-corrected chi connectivity index (χ2v) is 8.40. The van der Waals surface area contributed by atoms with E-state index >= 15 is 0 Å². The van der Waals surface area contributed by atoms with Gasteiger partial charge in [0.2, 0.25) is 11.8 Å². The van der Waals surface area contributed by atoms with E-state index in [1.165, 1.54) is 18.2 Å². The van der Waals surface area contributed by atoms with Crippen LogP contribution < -0.4 is 20.7 Å². The first-order valence-corrected chi connectivity index (χ1v) is 10.9. The second kappa shape index (κ2) is 10.8. The highest BCUT2D eigenvalue weighted by Gasteiger charge is 2.31. The second-order valence-electron chi connectivity index (χ2n) is 8.40. The lowest BCUT2D eigenvalue weighted by Gasteiger charge is -2.31. The highest BCUT2D eigenvalue weighted by atomic mass is 19.4. The molecule has 1 aliphatic carbocycles. The molecule has 31 heavy (non-hydrogen) atoms. The Hall–Kier alpha value is -2.29. The predicted molar refractivity (Wildman–Crippen MR) is 109 cm³/mol. The maximum Gasteiger partial charge on any atom is 0.573 e. The van der Waals surface area contributed by atoms with Gasteiger partial charge in [0.1, 0.15) is 5.75 Å². The van der Waals surface area contributed by atoms with E-state index in [1.807, 2.05) is 0 Å². The zero-order valence-corrected chi connectivity index (χ0v) is 17.5. The summed E-state index contributed by atoms with van der Waals surface area (Å²) in [5.74, 6) is -0.0949. The summed E-state index contributed by atoms with van der Waals surface area (Å²) in [6.45, 7) is 1.03. The van der Waals surface area contributed by atoms with E-state index in [0.717, 1.165) is 51.5 Å². The van der Waals surface area contributed by atoms with Crippen molar-refractivity contribution in [3.8, 4) is 5.75 Å². The lowest BCUT2D eigenvalue weighted by atomic mass is 9.83. The number of rotatable bonds is 7. The van der Waals surface area contributed by atoms with Crippen molar-refractivity contribution in [2.75, 3.05) is 6.54 Å². The lowest BCUT2D eigenvalue weighted by molar-refractivity contribution is -0.274. The van der Waals surface area contributed by atoms with Crippen LogP contribution in [0.15, 0.2) is 24.3 Å². The van der Waals surface area contributed by atoms with Crippen LogP contribution >= 0.6 is 0 Å². The third-order valence-electron chi connectivity index (χ3n) is 5.92. The number of piperidine rings is 1. The number of carbonyl (C=O) groups excluding carboxylic acids is 2. The molecule has 1 aromatic rings. The third kappa shape index (κ3) is 8.05. The average Bonchev–Trinajstić information content (AvgIpc) is 2.73. The van der Waals surface area contributed by atoms with Gasteiger partial charge in [0, 0.05) is 19.0 Å². The maximum atomic E-state index is 12.3. The molecule has 2 aliphatic rings. The van der Waals surface area contributed by atoms with Crippen molar-refractivity contribution < 1.29 is 27.5 Å². The Morgan fingerprint density at radius 3 is 2.55 bits per heavy atom. The van der Waals surface area contributed by atoms with Crippen molar-refractivity contribution in [2.24, 2.45) is 5.92 Å². The number of hydrogen-bond donors (Lipinski definition) is 3. The van der Waals surface area contributed by atoms with Gasteiger partial charge in [0.15, 0.2) is 0 Å². The highest BCUT2D eigenvalue weighted by molar-refractivity contribution is 5.82. The molecular weight excluding hydrogens is 411 g/mol. The van der Waals surface area contributed by atoms with Crippen LogP contribution in [0.25, 0.3) is 0 Å². The molecule has 1 aliphatic heterocycles. The van der Waals surface area contributed by atoms with Crippen LogP contribution in [0.5, 0.6) is 5.75 Å². The Kier molecular flexibility index (Phi) is 8.17. The number of ether oxygens (including phenoxy) is 1. The average molecular weight is 441 g/mol. The Bertz CT molecular complexity index is 743. The predicted octanol–water partition coefficient (Wildman–Crippen LogP) is 3.41. The van der Waals surface area contributed by atoms with Gasteiger partial charge in [-0.3, -0.25) is 9.59 Å². The van der Waals surface area contributed by atoms with Crippen LogP contribution in [-0.2, 0) is 16.1 Å². The summed E-state index contributed by atoms with van der Waals surface area (Å²) in [5.41, 5.74) is 0.540. The smallest absolute Gasteiger partial charge is 0.406 e. The fraction of sp³-hybridized carbons (Fsp3) is 0.636. The molecule has 1 atom stereocenters. The van der Waals surface area contributed by atoms with Crippen LogP contribution in [0.1, 0.15) is 56.9 Å². The topological polar surface area (TPSA) is 79.5 Å². The lowest BCUT2D eigenvalue weighted by Crippen LogP contribution is -2.50. The summed E-state index contributed by atoms with van der Waals surface area (Å²) >= 11 is 0. The van der Waals surface area contributed by atoms with Crippen molar-refractivity contribution in [2.45, 2.75) is 76.4 Å². The Morgan fingerprint density at radius 2 is 1.87 bits per heavy atom. The van der Waals surface area contributed by atoms with Gasteiger partial charge < -0.3 is 20.7 Å². The fourth-order valence-corrected chi connectivity index (χ4v) is 4.28. The number of amides is 2. The number of hydrogen-bond acceptors (Lipinski definition) is 4. The number of nitrogens with one attached hydrogen (secondary N) is 3. The van der Waals surface area contributed by atoms with Gasteiger partial charge in [-0.15, -0.1) is 13.2 Å². The molecule has 0 spiro atoms. The van der Waals surface area contributed by atoms with E-state index < -0.39 is 6.36 Å². The van der Waals surface area contributed by atoms with Crippen LogP contribution in [0, 0.1) is 5.92 Å². The van der Waals surface area contributed by atoms with Gasteiger partial charge in [-0.25, -0.2) is 0 Å². The SMILES string of the molecule is O=C(CC1CCC(NC(=O)C2CCCCN2)CC1)NCc1cccc(OC(F)(F)F)c1. The van der Waals surface area contributed by atoms with Gasteiger partial charge in [0.05, 0.1) is 6.04 Å². The van der Waals surface area contributed by atoms with Crippen LogP contribution in [0.3, 0.4) is 0 Å². The molecule has 3 N–H and O–H groups in total. The summed E-state index contributed by atoms with van der Waals surface area (Å²) in [5, 5.41) is 9.16. The zero-order valence-electron chi connectivity index (χ0n) is 17.5. The zero-order chi connectivity index (χ0) is 22.3. The molecule has 2 fully saturated rings. The molecule has 0 bridgehead atoms. The molecule has 2 amide bonds. The molecule has 0 radical (unpaired) electrons. The molecule has 6 nitrogen and oxygen atoms in total. The molecular formula is C22H30F3N3O3. The van der Waals surface area contributed by atoms with Gasteiger partial charge >= 0.3 is 6.36 Å². The monoisotopic (exact) mass is 441 g/mol. The summed E-state index contributed by atoms with van der Waals surface area (Å²) in [4.78, 5) is 24.6. The molecule has 1 saturated carbocycles. The first kappa shape index (κ1) is 23.4. The summed E-state index contributed by atoms with van der Waals surface area (Å²) in [6, 6.07) is 5.66. The molecule has 0 aromatic heterocycles. The van der Waals surface area contributed by atoms with Crippen molar-refractivity contribution in [1.29, 1.82) is 0 Å². The first-order chi connectivity index (χ1) is 14.8. The van der Waals surface area contributed by atoms with E-state index in [1.54, 1.807) is 6.07 Å². The Balaban J connectivity index is 1.35. The number of carbonyl (C=O) groups is 2. The summed E-state index contributed by atoms with van der Waals surface area (Å²) in [6.07, 6.45) is 2.15. The van der Waals surface area contributed by atoms with Crippen molar-refractivity contribution in [3.63, 3.8) is 0 Å². The summed E-state index contributed by atoms with van der Waals surface area (Å²) < 4.78 is 40.9. The van der Waals surface area contributed by atoms with E-state index in [4.69, 9.17) is 0 Å². The standard InChI is InChI=1S/C22H30F3N3O3/c23-22(24,25)31-18-5-3-4-16(12-18)14-27-20(29)13-15-7-9-17(10-8-15)28-21(30)19-6-1-2-11-26-19/h3-5,12,15,17,19,26H,1-2,6-11,13-14H2,(H,27,29)(H,28,30).